The molecule has 0 fully saturated rings. The highest BCUT2D eigenvalue weighted by atomic mass is 32.1. The highest BCUT2D eigenvalue weighted by Gasteiger charge is 2.15. The minimum atomic E-state index is -0.542. The van der Waals surface area contributed by atoms with Crippen molar-refractivity contribution in [1.82, 2.24) is 10.3 Å². The molecule has 2 aromatic heterocycles. The van der Waals surface area contributed by atoms with E-state index < -0.39 is 5.63 Å². The van der Waals surface area contributed by atoms with Crippen LogP contribution in [0.3, 0.4) is 0 Å². The Morgan fingerprint density at radius 2 is 1.86 bits per heavy atom. The highest BCUT2D eigenvalue weighted by Crippen LogP contribution is 2.29. The van der Waals surface area contributed by atoms with Crippen molar-refractivity contribution in [1.29, 1.82) is 0 Å². The monoisotopic (exact) mass is 505 g/mol. The van der Waals surface area contributed by atoms with E-state index in [-0.39, 0.29) is 24.7 Å². The van der Waals surface area contributed by atoms with E-state index in [1.54, 1.807) is 17.5 Å². The molecule has 0 aliphatic carbocycles. The van der Waals surface area contributed by atoms with Crippen LogP contribution in [-0.2, 0) is 16.0 Å². The van der Waals surface area contributed by atoms with Crippen LogP contribution in [0, 0.1) is 6.92 Å². The summed E-state index contributed by atoms with van der Waals surface area (Å²) in [6.07, 6.45) is 0.841. The van der Waals surface area contributed by atoms with E-state index in [0.29, 0.717) is 46.3 Å². The molecule has 0 bridgehead atoms. The zero-order valence-electron chi connectivity index (χ0n) is 20.1. The number of hydrogen-bond donors (Lipinski definition) is 2. The van der Waals surface area contributed by atoms with Gasteiger partial charge in [0.1, 0.15) is 0 Å². The Labute approximate surface area is 212 Å². The summed E-state index contributed by atoms with van der Waals surface area (Å²) in [5.74, 6) is -0.00200. The van der Waals surface area contributed by atoms with Crippen molar-refractivity contribution in [3.8, 4) is 17.0 Å². The van der Waals surface area contributed by atoms with Crippen LogP contribution in [0.1, 0.15) is 30.9 Å². The molecule has 36 heavy (non-hydrogen) atoms. The largest absolute Gasteiger partial charge is 0.490 e. The number of aromatic nitrogens is 1. The van der Waals surface area contributed by atoms with E-state index in [1.807, 2.05) is 50.2 Å². The maximum absolute atomic E-state index is 12.6. The second-order valence-corrected chi connectivity index (χ2v) is 9.08. The number of para-hydroxylation sites is 1. The van der Waals surface area contributed by atoms with Gasteiger partial charge in [-0.25, -0.2) is 9.78 Å². The van der Waals surface area contributed by atoms with Crippen LogP contribution in [0.25, 0.3) is 22.2 Å². The number of amides is 2. The molecule has 2 amide bonds. The summed E-state index contributed by atoms with van der Waals surface area (Å²) >= 11 is 1.20. The summed E-state index contributed by atoms with van der Waals surface area (Å²) in [5, 5.41) is 8.26. The molecule has 186 valence electrons. The number of nitrogens with zero attached hydrogens (tertiary/aromatic N) is 1. The van der Waals surface area contributed by atoms with Gasteiger partial charge in [-0.2, -0.15) is 0 Å². The standard InChI is InChI=1S/C27H27N3O5S/c1-3-34-22-6-4-5-19-15-20(26(33)35-25(19)22)21-16-36-27(29-21)30-24(32)12-11-23(31)28-14-13-18-9-7-17(2)8-10-18/h4-10,15-16H,3,11-14H2,1-2H3,(H,28,31)(H,29,30,32). The topological polar surface area (TPSA) is 111 Å². The van der Waals surface area contributed by atoms with Gasteiger partial charge in [0.05, 0.1) is 17.9 Å². The summed E-state index contributed by atoms with van der Waals surface area (Å²) in [7, 11) is 0. The highest BCUT2D eigenvalue weighted by molar-refractivity contribution is 7.14. The van der Waals surface area contributed by atoms with Crippen molar-refractivity contribution in [2.45, 2.75) is 33.1 Å². The number of thiazole rings is 1. The molecule has 4 rings (SSSR count). The number of carbonyl (C=O) groups excluding carboxylic acids is 2. The van der Waals surface area contributed by atoms with Gasteiger partial charge >= 0.3 is 5.63 Å². The smallest absolute Gasteiger partial charge is 0.345 e. The van der Waals surface area contributed by atoms with Crippen LogP contribution in [0.4, 0.5) is 5.13 Å². The van der Waals surface area contributed by atoms with E-state index in [2.05, 4.69) is 15.6 Å². The van der Waals surface area contributed by atoms with Crippen LogP contribution in [0.15, 0.2) is 63.1 Å². The van der Waals surface area contributed by atoms with Gasteiger partial charge in [-0.1, -0.05) is 42.0 Å². The Bertz CT molecular complexity index is 1430. The first-order valence-electron chi connectivity index (χ1n) is 11.7. The molecule has 2 N–H and O–H groups in total. The normalized spacial score (nSPS) is 10.8. The number of hydrogen-bond acceptors (Lipinski definition) is 7. The molecule has 0 aliphatic rings. The first-order valence-corrected chi connectivity index (χ1v) is 12.6. The molecule has 8 nitrogen and oxygen atoms in total. The van der Waals surface area contributed by atoms with Gasteiger partial charge < -0.3 is 19.8 Å². The van der Waals surface area contributed by atoms with Gasteiger partial charge in [-0.05, 0) is 38.0 Å². The molecule has 0 radical (unpaired) electrons. The van der Waals surface area contributed by atoms with Crippen molar-refractivity contribution in [2.24, 2.45) is 0 Å². The average molecular weight is 506 g/mol. The molecule has 0 unspecified atom stereocenters. The molecule has 0 aliphatic heterocycles. The van der Waals surface area contributed by atoms with Crippen molar-refractivity contribution in [3.63, 3.8) is 0 Å². The van der Waals surface area contributed by atoms with Crippen molar-refractivity contribution in [3.05, 3.63) is 75.5 Å². The zero-order chi connectivity index (χ0) is 25.5. The Balaban J connectivity index is 1.30. The maximum atomic E-state index is 12.6. The molecule has 0 saturated heterocycles. The summed E-state index contributed by atoms with van der Waals surface area (Å²) in [4.78, 5) is 41.4. The third-order valence-corrected chi connectivity index (χ3v) is 6.24. The Kier molecular flexibility index (Phi) is 8.12. The average Bonchev–Trinajstić information content (AvgIpc) is 3.32. The quantitative estimate of drug-likeness (QED) is 0.302. The SMILES string of the molecule is CCOc1cccc2cc(-c3csc(NC(=O)CCC(=O)NCCc4ccc(C)cc4)n3)c(=O)oc12. The molecule has 0 saturated carbocycles. The van der Waals surface area contributed by atoms with Gasteiger partial charge in [0.15, 0.2) is 16.5 Å². The van der Waals surface area contributed by atoms with Crippen LogP contribution < -0.4 is 21.0 Å². The van der Waals surface area contributed by atoms with Gasteiger partial charge in [0.2, 0.25) is 11.8 Å². The van der Waals surface area contributed by atoms with Crippen LogP contribution in [-0.4, -0.2) is 29.9 Å². The van der Waals surface area contributed by atoms with Gasteiger partial charge in [-0.3, -0.25) is 9.59 Å². The molecular weight excluding hydrogens is 478 g/mol. The van der Waals surface area contributed by atoms with Gasteiger partial charge in [-0.15, -0.1) is 11.3 Å². The van der Waals surface area contributed by atoms with Gasteiger partial charge in [0.25, 0.3) is 0 Å². The molecule has 0 atom stereocenters. The lowest BCUT2D eigenvalue weighted by Crippen LogP contribution is -2.26. The Morgan fingerprint density at radius 1 is 1.08 bits per heavy atom. The van der Waals surface area contributed by atoms with E-state index in [9.17, 15) is 14.4 Å². The molecule has 9 heteroatoms. The fourth-order valence-electron chi connectivity index (χ4n) is 3.62. The number of fused-ring (bicyclic) bond motifs is 1. The van der Waals surface area contributed by atoms with Crippen molar-refractivity contribution in [2.75, 3.05) is 18.5 Å². The number of anilines is 1. The van der Waals surface area contributed by atoms with Crippen LogP contribution in [0.5, 0.6) is 5.75 Å². The van der Waals surface area contributed by atoms with E-state index >= 15 is 0 Å². The van der Waals surface area contributed by atoms with Crippen molar-refractivity contribution >= 4 is 39.3 Å². The Morgan fingerprint density at radius 3 is 2.64 bits per heavy atom. The van der Waals surface area contributed by atoms with E-state index in [4.69, 9.17) is 9.15 Å². The third-order valence-electron chi connectivity index (χ3n) is 5.49. The summed E-state index contributed by atoms with van der Waals surface area (Å²) in [6, 6.07) is 15.2. The molecule has 4 aromatic rings. The zero-order valence-corrected chi connectivity index (χ0v) is 20.9. The second kappa shape index (κ2) is 11.6. The van der Waals surface area contributed by atoms with Crippen LogP contribution in [0.2, 0.25) is 0 Å². The number of ether oxygens (including phenoxy) is 1. The maximum Gasteiger partial charge on any atom is 0.345 e. The first-order chi connectivity index (χ1) is 17.4. The summed E-state index contributed by atoms with van der Waals surface area (Å²) < 4.78 is 11.0. The fourth-order valence-corrected chi connectivity index (χ4v) is 4.35. The van der Waals surface area contributed by atoms with Crippen molar-refractivity contribution < 1.29 is 18.7 Å². The first kappa shape index (κ1) is 25.1. The number of benzene rings is 2. The fraction of sp³-hybridized carbons (Fsp3) is 0.259. The van der Waals surface area contributed by atoms with Gasteiger partial charge in [0, 0.05) is 30.2 Å². The molecule has 2 heterocycles. The number of nitrogens with one attached hydrogen (secondary N) is 2. The van der Waals surface area contributed by atoms with Crippen LogP contribution >= 0.6 is 11.3 Å². The summed E-state index contributed by atoms with van der Waals surface area (Å²) in [5.41, 5.74) is 2.88. The number of aryl methyl sites for hydroxylation is 1. The van der Waals surface area contributed by atoms with E-state index in [1.165, 1.54) is 16.9 Å². The third kappa shape index (κ3) is 6.37. The predicted octanol–water partition coefficient (Wildman–Crippen LogP) is 4.70. The minimum absolute atomic E-state index is 0.0313. The lowest BCUT2D eigenvalue weighted by Gasteiger charge is -2.06. The molecule has 0 spiro atoms. The lowest BCUT2D eigenvalue weighted by molar-refractivity contribution is -0.124. The summed E-state index contributed by atoms with van der Waals surface area (Å²) in [6.45, 7) is 4.85. The minimum Gasteiger partial charge on any atom is -0.490 e. The molecule has 2 aromatic carbocycles. The van der Waals surface area contributed by atoms with E-state index in [0.717, 1.165) is 12.0 Å². The lowest BCUT2D eigenvalue weighted by atomic mass is 10.1. The Hall–Kier alpha value is -3.98. The predicted molar refractivity (Wildman–Crippen MR) is 141 cm³/mol. The second-order valence-electron chi connectivity index (χ2n) is 8.23. The molecular formula is C27H27N3O5S. The number of rotatable bonds is 10. The number of carbonyl (C=O) groups is 2.